The molecule has 0 bridgehead atoms. The van der Waals surface area contributed by atoms with Crippen LogP contribution in [0.4, 0.5) is 0 Å². The highest BCUT2D eigenvalue weighted by atomic mass is 16.4. The zero-order valence-electron chi connectivity index (χ0n) is 9.10. The lowest BCUT2D eigenvalue weighted by molar-refractivity contribution is -0.139. The Morgan fingerprint density at radius 1 is 1.38 bits per heavy atom. The van der Waals surface area contributed by atoms with Crippen LogP contribution in [-0.2, 0) is 11.2 Å². The molecular formula is C13H14O3. The number of aryl methyl sites for hydroxylation is 1. The first kappa shape index (κ1) is 10.7. The molecule has 3 heteroatoms. The number of hydrogen-bond acceptors (Lipinski definition) is 2. The monoisotopic (exact) mass is 218 g/mol. The zero-order chi connectivity index (χ0) is 11.7. The molecule has 1 atom stereocenters. The van der Waals surface area contributed by atoms with Crippen molar-refractivity contribution < 1.29 is 15.0 Å². The van der Waals surface area contributed by atoms with Gasteiger partial charge in [0.05, 0.1) is 5.92 Å². The fourth-order valence-electron chi connectivity index (χ4n) is 2.02. The molecule has 1 unspecified atom stereocenters. The number of carbonyl (C=O) groups is 1. The van der Waals surface area contributed by atoms with Gasteiger partial charge in [-0.2, -0.15) is 0 Å². The van der Waals surface area contributed by atoms with Crippen LogP contribution in [0.5, 0.6) is 5.75 Å². The van der Waals surface area contributed by atoms with Crippen molar-refractivity contribution in [3.8, 4) is 5.75 Å². The van der Waals surface area contributed by atoms with E-state index in [0.29, 0.717) is 0 Å². The summed E-state index contributed by atoms with van der Waals surface area (Å²) >= 11 is 0. The molecule has 0 aliphatic heterocycles. The number of hydrogen-bond donors (Lipinski definition) is 2. The lowest BCUT2D eigenvalue weighted by atomic mass is 9.86. The third-order valence-electron chi connectivity index (χ3n) is 3.11. The summed E-state index contributed by atoms with van der Waals surface area (Å²) in [6.07, 6.45) is 3.37. The summed E-state index contributed by atoms with van der Waals surface area (Å²) in [5.74, 6) is -1.06. The summed E-state index contributed by atoms with van der Waals surface area (Å²) in [6.45, 7) is 1.68. The van der Waals surface area contributed by atoms with E-state index in [1.807, 2.05) is 18.2 Å². The first-order chi connectivity index (χ1) is 7.59. The molecule has 1 aliphatic carbocycles. The molecule has 0 saturated carbocycles. The van der Waals surface area contributed by atoms with Gasteiger partial charge in [-0.3, -0.25) is 4.79 Å². The molecule has 16 heavy (non-hydrogen) atoms. The molecule has 3 nitrogen and oxygen atoms in total. The van der Waals surface area contributed by atoms with Crippen molar-refractivity contribution in [1.29, 1.82) is 0 Å². The number of carboxylic acids is 1. The Morgan fingerprint density at radius 2 is 2.12 bits per heavy atom. The maximum Gasteiger partial charge on any atom is 0.310 e. The predicted octanol–water partition coefficient (Wildman–Crippen LogP) is 2.44. The van der Waals surface area contributed by atoms with Crippen LogP contribution in [0.2, 0.25) is 0 Å². The first-order valence-electron chi connectivity index (χ1n) is 5.33. The van der Waals surface area contributed by atoms with Crippen molar-refractivity contribution in [3.63, 3.8) is 0 Å². The highest BCUT2D eigenvalue weighted by molar-refractivity contribution is 5.77. The van der Waals surface area contributed by atoms with Gasteiger partial charge in [-0.25, -0.2) is 0 Å². The number of aliphatic carboxylic acids is 1. The summed E-state index contributed by atoms with van der Waals surface area (Å²) in [5, 5.41) is 18.7. The fraction of sp³-hybridized carbons (Fsp3) is 0.308. The van der Waals surface area contributed by atoms with Gasteiger partial charge in [0, 0.05) is 5.56 Å². The van der Waals surface area contributed by atoms with E-state index in [-0.39, 0.29) is 5.75 Å². The second-order valence-electron chi connectivity index (χ2n) is 4.13. The van der Waals surface area contributed by atoms with E-state index in [2.05, 4.69) is 0 Å². The van der Waals surface area contributed by atoms with Gasteiger partial charge in [0.25, 0.3) is 0 Å². The lowest BCUT2D eigenvalue weighted by Crippen LogP contribution is -2.15. The van der Waals surface area contributed by atoms with Crippen LogP contribution in [0.15, 0.2) is 23.8 Å². The minimum atomic E-state index is -0.815. The Bertz CT molecular complexity index is 460. The molecule has 0 saturated heterocycles. The van der Waals surface area contributed by atoms with Gasteiger partial charge in [0.1, 0.15) is 5.75 Å². The summed E-state index contributed by atoms with van der Waals surface area (Å²) < 4.78 is 0. The van der Waals surface area contributed by atoms with Crippen LogP contribution < -0.4 is 0 Å². The third kappa shape index (κ3) is 1.81. The Morgan fingerprint density at radius 3 is 2.81 bits per heavy atom. The maximum atomic E-state index is 10.9. The van der Waals surface area contributed by atoms with E-state index >= 15 is 0 Å². The quantitative estimate of drug-likeness (QED) is 0.801. The molecule has 2 N–H and O–H groups in total. The first-order valence-corrected chi connectivity index (χ1v) is 5.33. The van der Waals surface area contributed by atoms with Crippen molar-refractivity contribution in [2.24, 2.45) is 5.92 Å². The number of fused-ring (bicyclic) bond motifs is 1. The van der Waals surface area contributed by atoms with Crippen molar-refractivity contribution in [2.45, 2.75) is 19.8 Å². The van der Waals surface area contributed by atoms with Crippen molar-refractivity contribution in [3.05, 3.63) is 34.9 Å². The van der Waals surface area contributed by atoms with Crippen molar-refractivity contribution in [2.75, 3.05) is 0 Å². The number of phenols is 1. The Labute approximate surface area is 94.0 Å². The van der Waals surface area contributed by atoms with Gasteiger partial charge in [-0.05, 0) is 31.4 Å². The molecule has 2 rings (SSSR count). The predicted molar refractivity (Wildman–Crippen MR) is 61.2 cm³/mol. The SMILES string of the molecule is CC(C(=O)O)C1=Cc2c(O)cccc2CC1. The molecule has 0 heterocycles. The van der Waals surface area contributed by atoms with Crippen molar-refractivity contribution in [1.82, 2.24) is 0 Å². The average Bonchev–Trinajstić information content (AvgIpc) is 2.28. The summed E-state index contributed by atoms with van der Waals surface area (Å²) in [6, 6.07) is 5.41. The van der Waals surface area contributed by atoms with Gasteiger partial charge >= 0.3 is 5.97 Å². The molecule has 0 radical (unpaired) electrons. The minimum absolute atomic E-state index is 0.229. The maximum absolute atomic E-state index is 10.9. The summed E-state index contributed by atoms with van der Waals surface area (Å²) in [7, 11) is 0. The van der Waals surface area contributed by atoms with Crippen LogP contribution in [0.3, 0.4) is 0 Å². The van der Waals surface area contributed by atoms with Crippen LogP contribution in [0.25, 0.3) is 6.08 Å². The molecule has 1 aromatic rings. The summed E-state index contributed by atoms with van der Waals surface area (Å²) in [4.78, 5) is 10.9. The van der Waals surface area contributed by atoms with Gasteiger partial charge in [0.2, 0.25) is 0 Å². The van der Waals surface area contributed by atoms with Gasteiger partial charge in [-0.15, -0.1) is 0 Å². The van der Waals surface area contributed by atoms with E-state index in [1.54, 1.807) is 13.0 Å². The van der Waals surface area contributed by atoms with Crippen LogP contribution in [0.1, 0.15) is 24.5 Å². The molecule has 0 amide bonds. The Balaban J connectivity index is 2.41. The smallest absolute Gasteiger partial charge is 0.310 e. The molecule has 0 aromatic heterocycles. The molecular weight excluding hydrogens is 204 g/mol. The second kappa shape index (κ2) is 4.00. The van der Waals surface area contributed by atoms with Crippen LogP contribution in [-0.4, -0.2) is 16.2 Å². The van der Waals surface area contributed by atoms with Gasteiger partial charge in [0.15, 0.2) is 0 Å². The highest BCUT2D eigenvalue weighted by Crippen LogP contribution is 2.33. The molecule has 1 aromatic carbocycles. The standard InChI is InChI=1S/C13H14O3/c1-8(13(15)16)10-6-5-9-3-2-4-12(14)11(9)7-10/h2-4,7-8,14H,5-6H2,1H3,(H,15,16). The Hall–Kier alpha value is -1.77. The topological polar surface area (TPSA) is 57.5 Å². The molecule has 0 spiro atoms. The van der Waals surface area contributed by atoms with Crippen LogP contribution in [0, 0.1) is 5.92 Å². The van der Waals surface area contributed by atoms with E-state index in [1.165, 1.54) is 0 Å². The number of carboxylic acid groups (broad SMARTS) is 1. The number of aromatic hydroxyl groups is 1. The van der Waals surface area contributed by atoms with E-state index in [9.17, 15) is 9.90 Å². The molecule has 0 fully saturated rings. The van der Waals surface area contributed by atoms with Gasteiger partial charge < -0.3 is 10.2 Å². The second-order valence-corrected chi connectivity index (χ2v) is 4.13. The Kier molecular flexibility index (Phi) is 2.69. The lowest BCUT2D eigenvalue weighted by Gasteiger charge is -2.19. The molecule has 1 aliphatic rings. The number of phenolic OH excluding ortho intramolecular Hbond substituents is 1. The van der Waals surface area contributed by atoms with Gasteiger partial charge in [-0.1, -0.05) is 23.8 Å². The number of benzene rings is 1. The minimum Gasteiger partial charge on any atom is -0.507 e. The average molecular weight is 218 g/mol. The summed E-state index contributed by atoms with van der Waals surface area (Å²) in [5.41, 5.74) is 2.74. The molecule has 84 valence electrons. The zero-order valence-corrected chi connectivity index (χ0v) is 9.10. The van der Waals surface area contributed by atoms with Crippen LogP contribution >= 0.6 is 0 Å². The third-order valence-corrected chi connectivity index (χ3v) is 3.11. The van der Waals surface area contributed by atoms with Crippen molar-refractivity contribution >= 4 is 12.0 Å². The van der Waals surface area contributed by atoms with E-state index in [0.717, 1.165) is 29.5 Å². The normalized spacial score (nSPS) is 16.2. The highest BCUT2D eigenvalue weighted by Gasteiger charge is 2.21. The largest absolute Gasteiger partial charge is 0.507 e. The van der Waals surface area contributed by atoms with E-state index in [4.69, 9.17) is 5.11 Å². The van der Waals surface area contributed by atoms with E-state index < -0.39 is 11.9 Å². The fourth-order valence-corrected chi connectivity index (χ4v) is 2.02. The number of rotatable bonds is 2.